The monoisotopic (exact) mass is 481 g/mol. The maximum atomic E-state index is 12.5. The normalized spacial score (nSPS) is 28.6. The van der Waals surface area contributed by atoms with Gasteiger partial charge in [-0.25, -0.2) is 0 Å². The molecule has 0 saturated carbocycles. The Morgan fingerprint density at radius 2 is 1.47 bits per heavy atom. The van der Waals surface area contributed by atoms with Crippen molar-refractivity contribution in [3.63, 3.8) is 0 Å². The number of carbonyl (C=O) groups is 2. The van der Waals surface area contributed by atoms with E-state index in [1.54, 1.807) is 6.92 Å². The van der Waals surface area contributed by atoms with Gasteiger partial charge in [-0.1, -0.05) is 92.4 Å². The van der Waals surface area contributed by atoms with Gasteiger partial charge >= 0.3 is 11.9 Å². The first-order chi connectivity index (χ1) is 16.1. The van der Waals surface area contributed by atoms with E-state index in [-0.39, 0.29) is 35.5 Å². The van der Waals surface area contributed by atoms with Crippen molar-refractivity contribution in [1.82, 2.24) is 4.90 Å². The lowest BCUT2D eigenvalue weighted by molar-refractivity contribution is -0.178. The van der Waals surface area contributed by atoms with Crippen LogP contribution in [0.5, 0.6) is 0 Å². The maximum Gasteiger partial charge on any atom is 0.306 e. The Morgan fingerprint density at radius 3 is 1.94 bits per heavy atom. The molecule has 0 aliphatic carbocycles. The molecule has 5 atom stereocenters. The molecule has 0 aromatic rings. The van der Waals surface area contributed by atoms with Gasteiger partial charge in [0, 0.05) is 23.4 Å². The van der Waals surface area contributed by atoms with E-state index in [0.29, 0.717) is 0 Å². The number of carboxylic acids is 1. The number of nitrogens with zero attached hydrogens (tertiary/aromatic N) is 1. The molecule has 200 valence electrons. The molecule has 5 unspecified atom stereocenters. The van der Waals surface area contributed by atoms with Gasteiger partial charge in [-0.2, -0.15) is 0 Å². The number of aliphatic carboxylic acids is 1. The van der Waals surface area contributed by atoms with Crippen molar-refractivity contribution < 1.29 is 19.4 Å². The second kappa shape index (κ2) is 15.1. The molecule has 0 bridgehead atoms. The van der Waals surface area contributed by atoms with Gasteiger partial charge in [0.2, 0.25) is 0 Å². The smallest absolute Gasteiger partial charge is 0.306 e. The number of hydrogen-bond acceptors (Lipinski definition) is 4. The summed E-state index contributed by atoms with van der Waals surface area (Å²) < 4.78 is 5.94. The second-order valence-electron chi connectivity index (χ2n) is 11.4. The van der Waals surface area contributed by atoms with Crippen LogP contribution >= 0.6 is 0 Å². The SMILES string of the molecule is CCCCCCCCCCCCN1C(C)(CC)CC(OC(=O)CC(C)C(=O)O)C(C)C1(C)CC. The van der Waals surface area contributed by atoms with E-state index in [2.05, 4.69) is 46.4 Å². The zero-order valence-electron chi connectivity index (χ0n) is 23.5. The zero-order chi connectivity index (χ0) is 25.8. The Labute approximate surface area is 210 Å². The van der Waals surface area contributed by atoms with E-state index < -0.39 is 11.9 Å². The highest BCUT2D eigenvalue weighted by Gasteiger charge is 2.53. The van der Waals surface area contributed by atoms with Gasteiger partial charge in [0.25, 0.3) is 0 Å². The van der Waals surface area contributed by atoms with Crippen LogP contribution in [0.15, 0.2) is 0 Å². The third-order valence-corrected chi connectivity index (χ3v) is 8.84. The average molecular weight is 482 g/mol. The summed E-state index contributed by atoms with van der Waals surface area (Å²) in [6.45, 7) is 16.3. The summed E-state index contributed by atoms with van der Waals surface area (Å²) in [5, 5.41) is 9.15. The van der Waals surface area contributed by atoms with Crippen molar-refractivity contribution >= 4 is 11.9 Å². The summed E-state index contributed by atoms with van der Waals surface area (Å²) in [5.41, 5.74) is -0.0778. The van der Waals surface area contributed by atoms with E-state index in [1.165, 1.54) is 64.2 Å². The molecule has 1 fully saturated rings. The highest BCUT2D eigenvalue weighted by atomic mass is 16.5. The Morgan fingerprint density at radius 1 is 0.941 bits per heavy atom. The maximum absolute atomic E-state index is 12.5. The van der Waals surface area contributed by atoms with Gasteiger partial charge in [0.1, 0.15) is 6.10 Å². The molecule has 1 aliphatic heterocycles. The molecule has 5 heteroatoms. The first-order valence-electron chi connectivity index (χ1n) is 14.3. The Balaban J connectivity index is 2.67. The summed E-state index contributed by atoms with van der Waals surface area (Å²) in [4.78, 5) is 26.4. The first-order valence-corrected chi connectivity index (χ1v) is 14.3. The molecule has 1 heterocycles. The number of rotatable bonds is 17. The van der Waals surface area contributed by atoms with Crippen LogP contribution in [-0.2, 0) is 14.3 Å². The number of esters is 1. The van der Waals surface area contributed by atoms with E-state index in [0.717, 1.165) is 25.8 Å². The van der Waals surface area contributed by atoms with Gasteiger partial charge in [0.15, 0.2) is 0 Å². The molecule has 1 N–H and O–H groups in total. The third-order valence-electron chi connectivity index (χ3n) is 8.84. The largest absolute Gasteiger partial charge is 0.481 e. The average Bonchev–Trinajstić information content (AvgIpc) is 2.80. The molecule has 0 spiro atoms. The van der Waals surface area contributed by atoms with Crippen LogP contribution in [0.2, 0.25) is 0 Å². The fourth-order valence-corrected chi connectivity index (χ4v) is 5.81. The molecule has 0 aromatic carbocycles. The van der Waals surface area contributed by atoms with Gasteiger partial charge in [-0.05, 0) is 39.7 Å². The van der Waals surface area contributed by atoms with Crippen LogP contribution in [0, 0.1) is 11.8 Å². The van der Waals surface area contributed by atoms with Crippen LogP contribution < -0.4 is 0 Å². The minimum absolute atomic E-state index is 0.0279. The molecule has 1 saturated heterocycles. The number of unbranched alkanes of at least 4 members (excludes halogenated alkanes) is 9. The summed E-state index contributed by atoms with van der Waals surface area (Å²) in [7, 11) is 0. The summed E-state index contributed by atoms with van der Waals surface area (Å²) in [5.74, 6) is -1.85. The number of piperidine rings is 1. The van der Waals surface area contributed by atoms with Gasteiger partial charge in [-0.15, -0.1) is 0 Å². The summed E-state index contributed by atoms with van der Waals surface area (Å²) >= 11 is 0. The molecule has 1 rings (SSSR count). The number of likely N-dealkylation sites (tertiary alicyclic amines) is 1. The molecule has 0 radical (unpaired) electrons. The quantitative estimate of drug-likeness (QED) is 0.171. The number of hydrogen-bond donors (Lipinski definition) is 1. The van der Waals surface area contributed by atoms with E-state index in [1.807, 2.05) is 0 Å². The fourth-order valence-electron chi connectivity index (χ4n) is 5.81. The molecule has 1 aliphatic rings. The highest BCUT2D eigenvalue weighted by molar-refractivity contribution is 5.78. The van der Waals surface area contributed by atoms with Crippen molar-refractivity contribution in [1.29, 1.82) is 0 Å². The lowest BCUT2D eigenvalue weighted by atomic mass is 9.67. The third kappa shape index (κ3) is 8.84. The molecule has 5 nitrogen and oxygen atoms in total. The summed E-state index contributed by atoms with van der Waals surface area (Å²) in [6.07, 6.45) is 16.0. The predicted octanol–water partition coefficient (Wildman–Crippen LogP) is 7.61. The van der Waals surface area contributed by atoms with Gasteiger partial charge in [0.05, 0.1) is 12.3 Å². The topological polar surface area (TPSA) is 66.8 Å². The summed E-state index contributed by atoms with van der Waals surface area (Å²) in [6, 6.07) is 0. The standard InChI is InChI=1S/C29H55NO4/c1-8-11-12-13-14-15-16-17-18-19-20-30-28(6,9-2)22-25(24(5)29(30,7)10-3)34-26(31)21-23(4)27(32)33/h23-25H,8-22H2,1-7H3,(H,32,33). The number of ether oxygens (including phenoxy) is 1. The fraction of sp³-hybridized carbons (Fsp3) is 0.931. The predicted molar refractivity (Wildman–Crippen MR) is 141 cm³/mol. The Bertz CT molecular complexity index is 609. The zero-order valence-corrected chi connectivity index (χ0v) is 23.5. The molecule has 0 aromatic heterocycles. The van der Waals surface area contributed by atoms with Crippen LogP contribution in [0.25, 0.3) is 0 Å². The molecular weight excluding hydrogens is 426 g/mol. The number of carboxylic acid groups (broad SMARTS) is 1. The molecule has 0 amide bonds. The lowest BCUT2D eigenvalue weighted by Gasteiger charge is -2.60. The van der Waals surface area contributed by atoms with Crippen molar-refractivity contribution in [2.24, 2.45) is 11.8 Å². The molecular formula is C29H55NO4. The van der Waals surface area contributed by atoms with Crippen LogP contribution in [-0.4, -0.2) is 45.7 Å². The van der Waals surface area contributed by atoms with Crippen molar-refractivity contribution in [3.05, 3.63) is 0 Å². The minimum Gasteiger partial charge on any atom is -0.481 e. The second-order valence-corrected chi connectivity index (χ2v) is 11.4. The Kier molecular flexibility index (Phi) is 13.7. The Hall–Kier alpha value is -1.10. The number of carbonyl (C=O) groups excluding carboxylic acids is 1. The van der Waals surface area contributed by atoms with Crippen molar-refractivity contribution in [3.8, 4) is 0 Å². The van der Waals surface area contributed by atoms with E-state index >= 15 is 0 Å². The van der Waals surface area contributed by atoms with E-state index in [4.69, 9.17) is 9.84 Å². The van der Waals surface area contributed by atoms with E-state index in [9.17, 15) is 9.59 Å². The van der Waals surface area contributed by atoms with Crippen LogP contribution in [0.4, 0.5) is 0 Å². The van der Waals surface area contributed by atoms with Crippen molar-refractivity contribution in [2.75, 3.05) is 6.54 Å². The first kappa shape index (κ1) is 30.9. The lowest BCUT2D eigenvalue weighted by Crippen LogP contribution is -2.68. The highest BCUT2D eigenvalue weighted by Crippen LogP contribution is 2.46. The van der Waals surface area contributed by atoms with Crippen LogP contribution in [0.1, 0.15) is 138 Å². The van der Waals surface area contributed by atoms with Crippen LogP contribution in [0.3, 0.4) is 0 Å². The van der Waals surface area contributed by atoms with Crippen molar-refractivity contribution in [2.45, 2.75) is 156 Å². The minimum atomic E-state index is -0.951. The molecule has 34 heavy (non-hydrogen) atoms. The van der Waals surface area contributed by atoms with Gasteiger partial charge < -0.3 is 9.84 Å². The van der Waals surface area contributed by atoms with Gasteiger partial charge in [-0.3, -0.25) is 14.5 Å².